The molecule has 24 heavy (non-hydrogen) atoms. The van der Waals surface area contributed by atoms with Crippen molar-refractivity contribution < 1.29 is 18.8 Å². The van der Waals surface area contributed by atoms with Crippen molar-refractivity contribution in [2.24, 2.45) is 0 Å². The summed E-state index contributed by atoms with van der Waals surface area (Å²) in [6.45, 7) is 1.91. The summed E-state index contributed by atoms with van der Waals surface area (Å²) >= 11 is 3.12. The van der Waals surface area contributed by atoms with Crippen molar-refractivity contribution in [3.8, 4) is 0 Å². The molecule has 0 aliphatic heterocycles. The van der Waals surface area contributed by atoms with Gasteiger partial charge in [0.1, 0.15) is 0 Å². The van der Waals surface area contributed by atoms with E-state index in [1.165, 1.54) is 6.92 Å². The number of amides is 3. The fourth-order valence-corrected chi connectivity index (χ4v) is 2.23. The molecule has 0 fully saturated rings. The van der Waals surface area contributed by atoms with E-state index < -0.39 is 0 Å². The van der Waals surface area contributed by atoms with Gasteiger partial charge in [-0.15, -0.1) is 0 Å². The molecule has 1 aromatic carbocycles. The van der Waals surface area contributed by atoms with Gasteiger partial charge in [0.15, 0.2) is 10.4 Å². The number of rotatable bonds is 6. The Morgan fingerprint density at radius 2 is 1.75 bits per heavy atom. The number of hydrogen-bond acceptors (Lipinski definition) is 4. The summed E-state index contributed by atoms with van der Waals surface area (Å²) in [6, 6.07) is 9.76. The molecule has 3 N–H and O–H groups in total. The van der Waals surface area contributed by atoms with Gasteiger partial charge < -0.3 is 20.4 Å². The van der Waals surface area contributed by atoms with E-state index in [1.54, 1.807) is 36.4 Å². The van der Waals surface area contributed by atoms with Gasteiger partial charge in [-0.3, -0.25) is 14.4 Å². The molecule has 0 bridgehead atoms. The highest BCUT2D eigenvalue weighted by Crippen LogP contribution is 2.13. The molecular weight excluding hydrogens is 378 g/mol. The largest absolute Gasteiger partial charge is 0.444 e. The molecule has 8 heteroatoms. The second-order valence-corrected chi connectivity index (χ2v) is 5.66. The van der Waals surface area contributed by atoms with Crippen LogP contribution in [-0.2, 0) is 4.79 Å². The van der Waals surface area contributed by atoms with Crippen LogP contribution in [-0.4, -0.2) is 30.8 Å². The Balaban J connectivity index is 1.79. The summed E-state index contributed by atoms with van der Waals surface area (Å²) in [4.78, 5) is 34.8. The Morgan fingerprint density at radius 3 is 2.38 bits per heavy atom. The van der Waals surface area contributed by atoms with Crippen LogP contribution < -0.4 is 16.0 Å². The zero-order valence-corrected chi connectivity index (χ0v) is 14.5. The number of nitrogens with one attached hydrogen (secondary N) is 3. The summed E-state index contributed by atoms with van der Waals surface area (Å²) in [5.41, 5.74) is 0.967. The molecule has 3 amide bonds. The molecule has 2 rings (SSSR count). The van der Waals surface area contributed by atoms with E-state index in [1.807, 2.05) is 0 Å². The van der Waals surface area contributed by atoms with Crippen LogP contribution in [0.1, 0.15) is 27.8 Å². The molecule has 0 saturated carbocycles. The number of anilines is 1. The molecule has 1 heterocycles. The topological polar surface area (TPSA) is 100 Å². The van der Waals surface area contributed by atoms with E-state index in [0.29, 0.717) is 15.9 Å². The molecule has 0 radical (unpaired) electrons. The van der Waals surface area contributed by atoms with Crippen molar-refractivity contribution in [1.82, 2.24) is 10.6 Å². The van der Waals surface area contributed by atoms with Crippen LogP contribution in [0, 0.1) is 0 Å². The molecule has 0 saturated heterocycles. The molecule has 1 aromatic heterocycles. The summed E-state index contributed by atoms with van der Waals surface area (Å²) in [5, 5.41) is 7.93. The summed E-state index contributed by atoms with van der Waals surface area (Å²) in [6.07, 6.45) is 0. The smallest absolute Gasteiger partial charge is 0.287 e. The second-order valence-electron chi connectivity index (χ2n) is 4.88. The minimum Gasteiger partial charge on any atom is -0.444 e. The van der Waals surface area contributed by atoms with Crippen LogP contribution in [0.5, 0.6) is 0 Å². The first-order valence-electron chi connectivity index (χ1n) is 7.15. The van der Waals surface area contributed by atoms with E-state index in [9.17, 15) is 14.4 Å². The lowest BCUT2D eigenvalue weighted by atomic mass is 10.2. The summed E-state index contributed by atoms with van der Waals surface area (Å²) in [7, 11) is 0. The quantitative estimate of drug-likeness (QED) is 0.654. The van der Waals surface area contributed by atoms with E-state index in [4.69, 9.17) is 4.42 Å². The van der Waals surface area contributed by atoms with Crippen molar-refractivity contribution in [2.45, 2.75) is 6.92 Å². The second kappa shape index (κ2) is 8.30. The number of furan rings is 1. The van der Waals surface area contributed by atoms with Gasteiger partial charge in [-0.2, -0.15) is 0 Å². The zero-order chi connectivity index (χ0) is 17.5. The average molecular weight is 394 g/mol. The first kappa shape index (κ1) is 17.7. The maximum absolute atomic E-state index is 12.0. The van der Waals surface area contributed by atoms with E-state index in [2.05, 4.69) is 31.9 Å². The first-order valence-corrected chi connectivity index (χ1v) is 7.94. The summed E-state index contributed by atoms with van der Waals surface area (Å²) in [5.74, 6) is -0.671. The van der Waals surface area contributed by atoms with Gasteiger partial charge in [0, 0.05) is 31.3 Å². The predicted molar refractivity (Wildman–Crippen MR) is 91.8 cm³/mol. The monoisotopic (exact) mass is 393 g/mol. The fourth-order valence-electron chi connectivity index (χ4n) is 1.92. The number of hydrogen-bond donors (Lipinski definition) is 3. The Bertz CT molecular complexity index is 757. The van der Waals surface area contributed by atoms with Crippen molar-refractivity contribution in [3.63, 3.8) is 0 Å². The van der Waals surface area contributed by atoms with Gasteiger partial charge in [0.05, 0.1) is 0 Å². The third-order valence-electron chi connectivity index (χ3n) is 2.94. The van der Waals surface area contributed by atoms with Crippen LogP contribution in [0.15, 0.2) is 45.5 Å². The number of halogens is 1. The minimum absolute atomic E-state index is 0.191. The molecule has 0 aliphatic carbocycles. The van der Waals surface area contributed by atoms with Crippen molar-refractivity contribution in [2.75, 3.05) is 18.4 Å². The number of carbonyl (C=O) groups is 3. The number of benzene rings is 1. The van der Waals surface area contributed by atoms with E-state index in [0.717, 1.165) is 0 Å². The van der Waals surface area contributed by atoms with Gasteiger partial charge in [-0.25, -0.2) is 0 Å². The zero-order valence-electron chi connectivity index (χ0n) is 12.9. The predicted octanol–water partition coefficient (Wildman–Crippen LogP) is 2.16. The van der Waals surface area contributed by atoms with Gasteiger partial charge in [0.2, 0.25) is 5.91 Å². The van der Waals surface area contributed by atoms with Gasteiger partial charge in [-0.1, -0.05) is 6.07 Å². The molecule has 2 aromatic rings. The maximum Gasteiger partial charge on any atom is 0.287 e. The summed E-state index contributed by atoms with van der Waals surface area (Å²) < 4.78 is 5.59. The normalized spacial score (nSPS) is 10.1. The van der Waals surface area contributed by atoms with Crippen LogP contribution in [0.4, 0.5) is 5.69 Å². The van der Waals surface area contributed by atoms with Crippen LogP contribution in [0.2, 0.25) is 0 Å². The minimum atomic E-state index is -0.359. The molecule has 126 valence electrons. The third-order valence-corrected chi connectivity index (χ3v) is 3.36. The Kier molecular flexibility index (Phi) is 6.14. The van der Waals surface area contributed by atoms with E-state index in [-0.39, 0.29) is 36.6 Å². The van der Waals surface area contributed by atoms with Crippen LogP contribution >= 0.6 is 15.9 Å². The van der Waals surface area contributed by atoms with Crippen molar-refractivity contribution in [1.29, 1.82) is 0 Å². The molecule has 0 spiro atoms. The number of carbonyl (C=O) groups excluding carboxylic acids is 3. The lowest BCUT2D eigenvalue weighted by Crippen LogP contribution is -2.34. The molecule has 0 unspecified atom stereocenters. The lowest BCUT2D eigenvalue weighted by Gasteiger charge is -2.08. The Hall–Kier alpha value is -2.61. The lowest BCUT2D eigenvalue weighted by molar-refractivity contribution is -0.114. The maximum atomic E-state index is 12.0. The van der Waals surface area contributed by atoms with Gasteiger partial charge in [-0.05, 0) is 46.3 Å². The third kappa shape index (κ3) is 5.24. The molecule has 0 atom stereocenters. The first-order chi connectivity index (χ1) is 11.5. The van der Waals surface area contributed by atoms with Crippen molar-refractivity contribution in [3.05, 3.63) is 52.4 Å². The standard InChI is InChI=1S/C16H16BrN3O4/c1-10(21)20-12-4-2-3-11(9-12)15(22)18-7-8-19-16(23)13-5-6-14(17)24-13/h2-6,9H,7-8H2,1H3,(H,18,22)(H,19,23)(H,20,21). The highest BCUT2D eigenvalue weighted by Gasteiger charge is 2.10. The Labute approximate surface area is 146 Å². The molecule has 0 aliphatic rings. The van der Waals surface area contributed by atoms with Gasteiger partial charge in [0.25, 0.3) is 11.8 Å². The van der Waals surface area contributed by atoms with Crippen LogP contribution in [0.3, 0.4) is 0 Å². The SMILES string of the molecule is CC(=O)Nc1cccc(C(=O)NCCNC(=O)c2ccc(Br)o2)c1. The Morgan fingerprint density at radius 1 is 1.04 bits per heavy atom. The molecule has 7 nitrogen and oxygen atoms in total. The average Bonchev–Trinajstić information content (AvgIpc) is 2.97. The van der Waals surface area contributed by atoms with Crippen LogP contribution in [0.25, 0.3) is 0 Å². The highest BCUT2D eigenvalue weighted by atomic mass is 79.9. The van der Waals surface area contributed by atoms with Crippen molar-refractivity contribution >= 4 is 39.3 Å². The fraction of sp³-hybridized carbons (Fsp3) is 0.188. The van der Waals surface area contributed by atoms with Gasteiger partial charge >= 0.3 is 0 Å². The molecular formula is C16H16BrN3O4. The highest BCUT2D eigenvalue weighted by molar-refractivity contribution is 9.10. The van der Waals surface area contributed by atoms with E-state index >= 15 is 0 Å².